The van der Waals surface area contributed by atoms with Crippen LogP contribution in [0.25, 0.3) is 5.69 Å². The molecule has 0 bridgehead atoms. The van der Waals surface area contributed by atoms with E-state index in [2.05, 4.69) is 10.4 Å². The number of benzene rings is 1. The number of likely N-dealkylation sites (tertiary alicyclic amines) is 1. The van der Waals surface area contributed by atoms with E-state index in [-0.39, 0.29) is 22.8 Å². The molecule has 1 aliphatic rings. The third-order valence-corrected chi connectivity index (χ3v) is 5.21. The first-order valence-electron chi connectivity index (χ1n) is 9.54. The Morgan fingerprint density at radius 2 is 2.00 bits per heavy atom. The zero-order chi connectivity index (χ0) is 20.1. The summed E-state index contributed by atoms with van der Waals surface area (Å²) in [5.74, 6) is -0.467. The van der Waals surface area contributed by atoms with Gasteiger partial charge in [0.1, 0.15) is 11.0 Å². The minimum absolute atomic E-state index is 0.185. The van der Waals surface area contributed by atoms with Gasteiger partial charge in [-0.15, -0.1) is 0 Å². The molecule has 2 heterocycles. The van der Waals surface area contributed by atoms with Gasteiger partial charge >= 0.3 is 0 Å². The van der Waals surface area contributed by atoms with Crippen LogP contribution in [-0.2, 0) is 4.79 Å². The van der Waals surface area contributed by atoms with Crippen molar-refractivity contribution in [1.29, 1.82) is 0 Å². The van der Waals surface area contributed by atoms with Crippen molar-refractivity contribution in [3.05, 3.63) is 46.5 Å². The van der Waals surface area contributed by atoms with E-state index < -0.39 is 0 Å². The average molecular weight is 407 g/mol. The summed E-state index contributed by atoms with van der Waals surface area (Å²) in [7, 11) is 0. The van der Waals surface area contributed by atoms with Crippen molar-refractivity contribution in [2.24, 2.45) is 0 Å². The van der Waals surface area contributed by atoms with Crippen molar-refractivity contribution in [3.63, 3.8) is 0 Å². The molecule has 6 nitrogen and oxygen atoms in total. The number of rotatable bonds is 6. The number of hydrogen-bond donors (Lipinski definition) is 1. The molecule has 1 aromatic heterocycles. The molecule has 0 spiro atoms. The Morgan fingerprint density at radius 3 is 2.75 bits per heavy atom. The molecule has 2 aromatic rings. The first kappa shape index (κ1) is 20.3. The van der Waals surface area contributed by atoms with Crippen LogP contribution in [0, 0.1) is 12.7 Å². The molecule has 150 valence electrons. The second-order valence-corrected chi connectivity index (χ2v) is 7.30. The van der Waals surface area contributed by atoms with E-state index in [4.69, 9.17) is 11.6 Å². The van der Waals surface area contributed by atoms with Gasteiger partial charge < -0.3 is 10.2 Å². The molecular weight excluding hydrogens is 383 g/mol. The number of nitrogens with zero attached hydrogens (tertiary/aromatic N) is 3. The highest BCUT2D eigenvalue weighted by Gasteiger charge is 2.21. The number of amides is 2. The van der Waals surface area contributed by atoms with Crippen LogP contribution in [0.3, 0.4) is 0 Å². The number of hydrogen-bond acceptors (Lipinski definition) is 3. The second kappa shape index (κ2) is 9.19. The standard InChI is InChI=1S/C20H24ClFN4O2/c1-14-18(19(21)26(24-14)16-9-7-15(22)8-10-16)20(28)23-11-5-13-25-12-4-2-3-6-17(25)27/h7-10H,2-6,11-13H2,1H3,(H,23,28). The molecule has 1 aromatic carbocycles. The molecule has 0 unspecified atom stereocenters. The van der Waals surface area contributed by atoms with Crippen LogP contribution < -0.4 is 5.32 Å². The summed E-state index contributed by atoms with van der Waals surface area (Å²) in [6, 6.07) is 5.72. The molecule has 2 amide bonds. The number of carbonyl (C=O) groups excluding carboxylic acids is 2. The van der Waals surface area contributed by atoms with Gasteiger partial charge in [0.2, 0.25) is 5.91 Å². The first-order chi connectivity index (χ1) is 13.5. The van der Waals surface area contributed by atoms with Crippen molar-refractivity contribution in [3.8, 4) is 5.69 Å². The van der Waals surface area contributed by atoms with Gasteiger partial charge in [0.15, 0.2) is 0 Å². The Morgan fingerprint density at radius 1 is 1.25 bits per heavy atom. The highest BCUT2D eigenvalue weighted by Crippen LogP contribution is 2.23. The van der Waals surface area contributed by atoms with Gasteiger partial charge in [-0.3, -0.25) is 9.59 Å². The normalized spacial score (nSPS) is 14.8. The van der Waals surface area contributed by atoms with E-state index >= 15 is 0 Å². The smallest absolute Gasteiger partial charge is 0.256 e. The van der Waals surface area contributed by atoms with Crippen LogP contribution >= 0.6 is 11.6 Å². The number of aromatic nitrogens is 2. The fourth-order valence-electron chi connectivity index (χ4n) is 3.35. The van der Waals surface area contributed by atoms with E-state index in [9.17, 15) is 14.0 Å². The predicted octanol–water partition coefficient (Wildman–Crippen LogP) is 3.50. The molecule has 0 atom stereocenters. The summed E-state index contributed by atoms with van der Waals surface area (Å²) < 4.78 is 14.5. The topological polar surface area (TPSA) is 67.2 Å². The molecule has 8 heteroatoms. The van der Waals surface area contributed by atoms with E-state index in [0.717, 1.165) is 25.8 Å². The van der Waals surface area contributed by atoms with Crippen LogP contribution in [0.5, 0.6) is 0 Å². The zero-order valence-corrected chi connectivity index (χ0v) is 16.6. The lowest BCUT2D eigenvalue weighted by Gasteiger charge is -2.20. The maximum atomic E-state index is 13.1. The third-order valence-electron chi connectivity index (χ3n) is 4.86. The Kier molecular flexibility index (Phi) is 6.67. The Balaban J connectivity index is 1.58. The largest absolute Gasteiger partial charge is 0.352 e. The summed E-state index contributed by atoms with van der Waals surface area (Å²) >= 11 is 6.36. The van der Waals surface area contributed by atoms with E-state index in [1.807, 2.05) is 4.90 Å². The van der Waals surface area contributed by atoms with Gasteiger partial charge in [-0.05, 0) is 50.5 Å². The number of carbonyl (C=O) groups is 2. The van der Waals surface area contributed by atoms with Crippen LogP contribution in [0.15, 0.2) is 24.3 Å². The number of nitrogens with one attached hydrogen (secondary N) is 1. The van der Waals surface area contributed by atoms with Crippen molar-refractivity contribution >= 4 is 23.4 Å². The predicted molar refractivity (Wildman–Crippen MR) is 105 cm³/mol. The van der Waals surface area contributed by atoms with E-state index in [1.165, 1.54) is 16.8 Å². The second-order valence-electron chi connectivity index (χ2n) is 6.94. The molecule has 1 fully saturated rings. The number of halogens is 2. The van der Waals surface area contributed by atoms with Gasteiger partial charge in [0.25, 0.3) is 5.91 Å². The van der Waals surface area contributed by atoms with Crippen molar-refractivity contribution in [1.82, 2.24) is 20.0 Å². The summed E-state index contributed by atoms with van der Waals surface area (Å²) in [5, 5.41) is 7.34. The third kappa shape index (κ3) is 4.70. The summed E-state index contributed by atoms with van der Waals surface area (Å²) in [4.78, 5) is 26.4. The minimum Gasteiger partial charge on any atom is -0.352 e. The van der Waals surface area contributed by atoms with Gasteiger partial charge in [0.05, 0.1) is 16.9 Å². The summed E-state index contributed by atoms with van der Waals surface area (Å²) in [5.41, 5.74) is 1.37. The van der Waals surface area contributed by atoms with Crippen molar-refractivity contribution < 1.29 is 14.0 Å². The SMILES string of the molecule is Cc1nn(-c2ccc(F)cc2)c(Cl)c1C(=O)NCCCN1CCCCCC1=O. The monoisotopic (exact) mass is 406 g/mol. The Hall–Kier alpha value is -2.41. The van der Waals surface area contributed by atoms with E-state index in [0.29, 0.717) is 42.9 Å². The first-order valence-corrected chi connectivity index (χ1v) is 9.92. The Labute approximate surface area is 168 Å². The molecule has 0 aliphatic carbocycles. The van der Waals surface area contributed by atoms with Gasteiger partial charge in [0, 0.05) is 26.1 Å². The maximum Gasteiger partial charge on any atom is 0.256 e. The molecule has 0 radical (unpaired) electrons. The zero-order valence-electron chi connectivity index (χ0n) is 15.9. The molecule has 1 saturated heterocycles. The molecule has 3 rings (SSSR count). The van der Waals surface area contributed by atoms with Crippen LogP contribution in [0.1, 0.15) is 48.2 Å². The molecule has 28 heavy (non-hydrogen) atoms. The fourth-order valence-corrected chi connectivity index (χ4v) is 3.70. The van der Waals surface area contributed by atoms with E-state index in [1.54, 1.807) is 19.1 Å². The lowest BCUT2D eigenvalue weighted by atomic mass is 10.2. The van der Waals surface area contributed by atoms with Gasteiger partial charge in [-0.2, -0.15) is 5.10 Å². The van der Waals surface area contributed by atoms with Gasteiger partial charge in [-0.1, -0.05) is 18.0 Å². The molecule has 1 N–H and O–H groups in total. The Bertz CT molecular complexity index is 851. The maximum absolute atomic E-state index is 13.1. The highest BCUT2D eigenvalue weighted by atomic mass is 35.5. The van der Waals surface area contributed by atoms with Crippen molar-refractivity contribution in [2.75, 3.05) is 19.6 Å². The van der Waals surface area contributed by atoms with Gasteiger partial charge in [-0.25, -0.2) is 9.07 Å². The average Bonchev–Trinajstić information content (AvgIpc) is 2.83. The molecule has 1 aliphatic heterocycles. The number of aryl methyl sites for hydroxylation is 1. The highest BCUT2D eigenvalue weighted by molar-refractivity contribution is 6.33. The summed E-state index contributed by atoms with van der Waals surface area (Å²) in [6.07, 6.45) is 4.39. The fraction of sp³-hybridized carbons (Fsp3) is 0.450. The quantitative estimate of drug-likeness (QED) is 0.746. The van der Waals surface area contributed by atoms with Crippen LogP contribution in [0.4, 0.5) is 4.39 Å². The van der Waals surface area contributed by atoms with Crippen molar-refractivity contribution in [2.45, 2.75) is 39.0 Å². The molecular formula is C20H24ClFN4O2. The van der Waals surface area contributed by atoms with Crippen LogP contribution in [0.2, 0.25) is 5.15 Å². The lowest BCUT2D eigenvalue weighted by Crippen LogP contribution is -2.34. The van der Waals surface area contributed by atoms with Crippen LogP contribution in [-0.4, -0.2) is 46.1 Å². The molecule has 0 saturated carbocycles. The lowest BCUT2D eigenvalue weighted by molar-refractivity contribution is -0.130. The minimum atomic E-state index is -0.357. The summed E-state index contributed by atoms with van der Waals surface area (Å²) in [6.45, 7) is 3.58.